The number of hydrazone groups is 1. The minimum Gasteiger partial charge on any atom is -0.398 e. The van der Waals surface area contributed by atoms with E-state index in [1.54, 1.807) is 18.2 Å². The Morgan fingerprint density at radius 3 is 2.69 bits per heavy atom. The lowest BCUT2D eigenvalue weighted by atomic mass is 10.1. The largest absolute Gasteiger partial charge is 0.398 e. The summed E-state index contributed by atoms with van der Waals surface area (Å²) in [4.78, 5) is 0. The Kier molecular flexibility index (Phi) is 2.49. The maximum atomic E-state index is 7.23. The molecule has 0 fully saturated rings. The van der Waals surface area contributed by atoms with Crippen molar-refractivity contribution in [1.82, 2.24) is 0 Å². The molecule has 0 amide bonds. The van der Waals surface area contributed by atoms with Gasteiger partial charge in [0.1, 0.15) is 5.84 Å². The number of hydrogen-bond donors (Lipinski definition) is 4. The maximum Gasteiger partial charge on any atom is 0.124 e. The molecule has 0 aromatic heterocycles. The second-order valence-electron chi connectivity index (χ2n) is 2.54. The summed E-state index contributed by atoms with van der Waals surface area (Å²) in [6.07, 6.45) is 1.46. The Bertz CT molecular complexity index is 356. The summed E-state index contributed by atoms with van der Waals surface area (Å²) < 4.78 is 0. The van der Waals surface area contributed by atoms with Crippen LogP contribution in [0, 0.1) is 5.41 Å². The van der Waals surface area contributed by atoms with Crippen molar-refractivity contribution in [3.05, 3.63) is 29.3 Å². The highest BCUT2D eigenvalue weighted by molar-refractivity contribution is 6.01. The molecule has 0 spiro atoms. The Hall–Kier alpha value is -2.04. The minimum absolute atomic E-state index is 0.0650. The van der Waals surface area contributed by atoms with Crippen molar-refractivity contribution in [3.8, 4) is 0 Å². The fourth-order valence-electron chi connectivity index (χ4n) is 0.974. The fourth-order valence-corrected chi connectivity index (χ4v) is 0.974. The third kappa shape index (κ3) is 1.96. The zero-order valence-electron chi connectivity index (χ0n) is 6.99. The van der Waals surface area contributed by atoms with E-state index in [-0.39, 0.29) is 5.84 Å². The number of anilines is 1. The average Bonchev–Trinajstić information content (AvgIpc) is 2.08. The zero-order chi connectivity index (χ0) is 9.84. The summed E-state index contributed by atoms with van der Waals surface area (Å²) >= 11 is 0. The monoisotopic (exact) mass is 177 g/mol. The van der Waals surface area contributed by atoms with Crippen molar-refractivity contribution in [1.29, 1.82) is 5.41 Å². The van der Waals surface area contributed by atoms with E-state index in [1.165, 1.54) is 6.21 Å². The number of nitrogens with zero attached hydrogens (tertiary/aromatic N) is 1. The minimum atomic E-state index is -0.0650. The van der Waals surface area contributed by atoms with Gasteiger partial charge in [-0.05, 0) is 17.7 Å². The van der Waals surface area contributed by atoms with Gasteiger partial charge in [0.25, 0.3) is 0 Å². The van der Waals surface area contributed by atoms with Gasteiger partial charge in [-0.3, -0.25) is 5.41 Å². The van der Waals surface area contributed by atoms with Crippen molar-refractivity contribution in [2.45, 2.75) is 0 Å². The van der Waals surface area contributed by atoms with Crippen LogP contribution in [0.4, 0.5) is 5.69 Å². The molecule has 0 saturated carbocycles. The van der Waals surface area contributed by atoms with Gasteiger partial charge in [-0.25, -0.2) is 0 Å². The number of nitrogens with two attached hydrogens (primary N) is 3. The second kappa shape index (κ2) is 3.57. The third-order valence-corrected chi connectivity index (χ3v) is 1.59. The molecular weight excluding hydrogens is 166 g/mol. The highest BCUT2D eigenvalue weighted by atomic mass is 15.1. The van der Waals surface area contributed by atoms with Gasteiger partial charge in [-0.15, -0.1) is 0 Å². The molecule has 0 aliphatic rings. The number of amidine groups is 1. The Morgan fingerprint density at radius 1 is 1.46 bits per heavy atom. The molecule has 5 nitrogen and oxygen atoms in total. The zero-order valence-corrected chi connectivity index (χ0v) is 6.99. The smallest absolute Gasteiger partial charge is 0.124 e. The lowest BCUT2D eigenvalue weighted by Crippen LogP contribution is -2.13. The van der Waals surface area contributed by atoms with Crippen LogP contribution >= 0.6 is 0 Å². The molecule has 0 heterocycles. The molecule has 7 N–H and O–H groups in total. The second-order valence-corrected chi connectivity index (χ2v) is 2.54. The van der Waals surface area contributed by atoms with Crippen molar-refractivity contribution >= 4 is 17.7 Å². The van der Waals surface area contributed by atoms with Gasteiger partial charge >= 0.3 is 0 Å². The highest BCUT2D eigenvalue weighted by Crippen LogP contribution is 2.11. The molecule has 1 rings (SSSR count). The van der Waals surface area contributed by atoms with E-state index in [9.17, 15) is 0 Å². The van der Waals surface area contributed by atoms with Crippen molar-refractivity contribution in [2.24, 2.45) is 16.7 Å². The summed E-state index contributed by atoms with van der Waals surface area (Å²) in [6.45, 7) is 0. The first-order valence-corrected chi connectivity index (χ1v) is 3.62. The SMILES string of the molecule is N=C(N)c1cc(/C=N/N)ccc1N. The summed E-state index contributed by atoms with van der Waals surface area (Å²) in [5, 5.41) is 10.6. The predicted molar refractivity (Wildman–Crippen MR) is 53.7 cm³/mol. The number of benzene rings is 1. The fraction of sp³-hybridized carbons (Fsp3) is 0. The van der Waals surface area contributed by atoms with Crippen LogP contribution < -0.4 is 17.3 Å². The van der Waals surface area contributed by atoms with Crippen molar-refractivity contribution in [2.75, 3.05) is 5.73 Å². The van der Waals surface area contributed by atoms with E-state index in [4.69, 9.17) is 22.7 Å². The van der Waals surface area contributed by atoms with Gasteiger partial charge in [0.15, 0.2) is 0 Å². The first-order chi connectivity index (χ1) is 6.15. The highest BCUT2D eigenvalue weighted by Gasteiger charge is 2.02. The normalized spacial score (nSPS) is 10.5. The molecule has 1 aromatic carbocycles. The van der Waals surface area contributed by atoms with Crippen molar-refractivity contribution in [3.63, 3.8) is 0 Å². The number of hydrogen-bond acceptors (Lipinski definition) is 4. The van der Waals surface area contributed by atoms with E-state index < -0.39 is 0 Å². The summed E-state index contributed by atoms with van der Waals surface area (Å²) in [5.74, 6) is 4.91. The van der Waals surface area contributed by atoms with E-state index in [2.05, 4.69) is 5.10 Å². The molecule has 0 aliphatic heterocycles. The Morgan fingerprint density at radius 2 is 2.15 bits per heavy atom. The topological polar surface area (TPSA) is 114 Å². The van der Waals surface area contributed by atoms with Gasteiger partial charge < -0.3 is 17.3 Å². The predicted octanol–water partition coefficient (Wildman–Crippen LogP) is -0.155. The van der Waals surface area contributed by atoms with E-state index in [0.29, 0.717) is 11.3 Å². The lowest BCUT2D eigenvalue weighted by Gasteiger charge is -2.03. The molecular formula is C8H11N5. The van der Waals surface area contributed by atoms with E-state index in [0.717, 1.165) is 5.56 Å². The van der Waals surface area contributed by atoms with Gasteiger partial charge in [0.2, 0.25) is 0 Å². The van der Waals surface area contributed by atoms with Gasteiger partial charge in [-0.2, -0.15) is 5.10 Å². The van der Waals surface area contributed by atoms with Crippen LogP contribution in [0.25, 0.3) is 0 Å². The molecule has 1 aromatic rings. The van der Waals surface area contributed by atoms with E-state index in [1.807, 2.05) is 0 Å². The van der Waals surface area contributed by atoms with Crippen LogP contribution in [0.2, 0.25) is 0 Å². The molecule has 0 aliphatic carbocycles. The van der Waals surface area contributed by atoms with Crippen LogP contribution in [-0.4, -0.2) is 12.1 Å². The molecule has 5 heteroatoms. The Balaban J connectivity index is 3.18. The molecule has 0 atom stereocenters. The molecule has 68 valence electrons. The first-order valence-electron chi connectivity index (χ1n) is 3.62. The van der Waals surface area contributed by atoms with E-state index >= 15 is 0 Å². The van der Waals surface area contributed by atoms with Crippen LogP contribution in [0.1, 0.15) is 11.1 Å². The summed E-state index contributed by atoms with van der Waals surface area (Å²) in [6, 6.07) is 5.07. The van der Waals surface area contributed by atoms with Crippen LogP contribution in [0.15, 0.2) is 23.3 Å². The summed E-state index contributed by atoms with van der Waals surface area (Å²) in [5.41, 5.74) is 12.6. The van der Waals surface area contributed by atoms with Crippen LogP contribution in [0.3, 0.4) is 0 Å². The van der Waals surface area contributed by atoms with Gasteiger partial charge in [0, 0.05) is 11.3 Å². The molecule has 0 radical (unpaired) electrons. The van der Waals surface area contributed by atoms with Crippen LogP contribution in [0.5, 0.6) is 0 Å². The maximum absolute atomic E-state index is 7.23. The summed E-state index contributed by atoms with van der Waals surface area (Å²) in [7, 11) is 0. The first kappa shape index (κ1) is 9.05. The Labute approximate surface area is 75.7 Å². The van der Waals surface area contributed by atoms with Gasteiger partial charge in [0.05, 0.1) is 6.21 Å². The number of rotatable bonds is 2. The van der Waals surface area contributed by atoms with Gasteiger partial charge in [-0.1, -0.05) is 6.07 Å². The molecule has 0 bridgehead atoms. The number of nitrogens with one attached hydrogen (secondary N) is 1. The molecule has 0 saturated heterocycles. The number of nitrogen functional groups attached to an aromatic ring is 2. The third-order valence-electron chi connectivity index (χ3n) is 1.59. The van der Waals surface area contributed by atoms with Crippen molar-refractivity contribution < 1.29 is 0 Å². The van der Waals surface area contributed by atoms with Crippen LogP contribution in [-0.2, 0) is 0 Å². The molecule has 0 unspecified atom stereocenters. The lowest BCUT2D eigenvalue weighted by molar-refractivity contribution is 1.26. The molecule has 13 heavy (non-hydrogen) atoms. The standard InChI is InChI=1S/C8H11N5/c9-7-2-1-5(4-13-12)3-6(7)8(10)11/h1-4H,9,12H2,(H3,10,11)/b13-4+. The average molecular weight is 177 g/mol. The quantitative estimate of drug-likeness (QED) is 0.165.